The standard InChI is InChI=1S/2C17H26O4Si.Pt/c2*1-6-10-15(18)17(22(20-4,21-5)13(2)3)16(19)14-11-8-7-9-12-14;/h2*7-9,11-13,17H,6,10H2,1-5H3;/q;;+2. The van der Waals surface area contributed by atoms with Crippen molar-refractivity contribution in [2.75, 3.05) is 28.4 Å². The van der Waals surface area contributed by atoms with Crippen LogP contribution in [0.3, 0.4) is 0 Å². The first-order valence-corrected chi connectivity index (χ1v) is 19.3. The van der Waals surface area contributed by atoms with Gasteiger partial charge in [0.15, 0.2) is 11.6 Å². The molecule has 8 nitrogen and oxygen atoms in total. The first kappa shape index (κ1) is 43.1. The van der Waals surface area contributed by atoms with Crippen LogP contribution in [-0.2, 0) is 48.4 Å². The quantitative estimate of drug-likeness (QED) is 0.0864. The summed E-state index contributed by atoms with van der Waals surface area (Å²) >= 11 is 0. The third-order valence-electron chi connectivity index (χ3n) is 7.97. The molecular formula is C34H52O8PtSi2+2. The molecule has 0 radical (unpaired) electrons. The number of benzene rings is 2. The third kappa shape index (κ3) is 10.5. The Hall–Kier alpha value is -1.92. The number of hydrogen-bond acceptors (Lipinski definition) is 8. The van der Waals surface area contributed by atoms with Crippen molar-refractivity contribution < 1.29 is 57.9 Å². The van der Waals surface area contributed by atoms with Gasteiger partial charge in [0.1, 0.15) is 22.6 Å². The van der Waals surface area contributed by atoms with Gasteiger partial charge in [-0.25, -0.2) is 0 Å². The van der Waals surface area contributed by atoms with Gasteiger partial charge in [0.2, 0.25) is 0 Å². The molecule has 0 aliphatic carbocycles. The van der Waals surface area contributed by atoms with E-state index in [2.05, 4.69) is 0 Å². The molecule has 0 saturated carbocycles. The summed E-state index contributed by atoms with van der Waals surface area (Å²) in [6, 6.07) is 17.8. The SMILES string of the molecule is CCCC(=O)C(C(=O)c1ccccc1)[Si](OC)(OC)C(C)C.CCCC(=O)C(C(=O)c1ccccc1)[Si](OC)(OC)C(C)C.[Pt+2]. The second-order valence-electron chi connectivity index (χ2n) is 11.3. The molecule has 2 unspecified atom stereocenters. The normalized spacial score (nSPS) is 12.9. The van der Waals surface area contributed by atoms with E-state index in [1.54, 1.807) is 77.0 Å². The minimum Gasteiger partial charge on any atom is -0.397 e. The molecule has 11 heteroatoms. The van der Waals surface area contributed by atoms with Gasteiger partial charge in [-0.1, -0.05) is 102 Å². The molecule has 0 spiro atoms. The molecule has 2 aromatic carbocycles. The molecule has 0 saturated heterocycles. The maximum absolute atomic E-state index is 13.0. The molecule has 0 aliphatic rings. The average Bonchev–Trinajstić information content (AvgIpc) is 3.02. The smallest absolute Gasteiger partial charge is 0.397 e. The van der Waals surface area contributed by atoms with E-state index in [0.717, 1.165) is 0 Å². The number of Topliss-reactive ketones (excluding diaryl/α,β-unsaturated/α-hetero) is 4. The van der Waals surface area contributed by atoms with Crippen molar-refractivity contribution >= 4 is 40.3 Å². The monoisotopic (exact) mass is 839 g/mol. The van der Waals surface area contributed by atoms with Crippen LogP contribution >= 0.6 is 0 Å². The molecular weight excluding hydrogens is 788 g/mol. The van der Waals surface area contributed by atoms with Gasteiger partial charge in [0.05, 0.1) is 0 Å². The van der Waals surface area contributed by atoms with Crippen molar-refractivity contribution in [2.45, 2.75) is 89.4 Å². The van der Waals surface area contributed by atoms with E-state index in [0.29, 0.717) is 36.8 Å². The Morgan fingerprint density at radius 3 is 1.02 bits per heavy atom. The Kier molecular flexibility index (Phi) is 20.2. The molecule has 2 atom stereocenters. The van der Waals surface area contributed by atoms with Crippen molar-refractivity contribution in [1.29, 1.82) is 0 Å². The minimum atomic E-state index is -3.00. The van der Waals surface area contributed by atoms with Crippen LogP contribution in [0.4, 0.5) is 0 Å². The summed E-state index contributed by atoms with van der Waals surface area (Å²) in [5.41, 5.74) is -0.621. The topological polar surface area (TPSA) is 105 Å². The fraction of sp³-hybridized carbons (Fsp3) is 0.529. The van der Waals surface area contributed by atoms with Crippen LogP contribution in [0.5, 0.6) is 0 Å². The average molecular weight is 840 g/mol. The van der Waals surface area contributed by atoms with Crippen LogP contribution in [0.15, 0.2) is 60.7 Å². The van der Waals surface area contributed by atoms with E-state index in [1.807, 2.05) is 53.7 Å². The van der Waals surface area contributed by atoms with Gasteiger partial charge in [0.25, 0.3) is 0 Å². The van der Waals surface area contributed by atoms with Crippen LogP contribution in [-0.4, -0.2) is 68.7 Å². The van der Waals surface area contributed by atoms with E-state index in [-0.39, 0.29) is 55.3 Å². The summed E-state index contributed by atoms with van der Waals surface area (Å²) in [4.78, 5) is 51.3. The zero-order valence-corrected chi connectivity index (χ0v) is 32.8. The largest absolute Gasteiger partial charge is 2.00 e. The molecule has 0 amide bonds. The summed E-state index contributed by atoms with van der Waals surface area (Å²) < 4.78 is 22.8. The number of rotatable bonds is 18. The number of ketones is 4. The Morgan fingerprint density at radius 1 is 0.556 bits per heavy atom. The molecule has 0 aliphatic heterocycles. The van der Waals surface area contributed by atoms with Gasteiger partial charge in [-0.15, -0.1) is 0 Å². The van der Waals surface area contributed by atoms with Gasteiger partial charge in [0, 0.05) is 52.4 Å². The van der Waals surface area contributed by atoms with E-state index >= 15 is 0 Å². The van der Waals surface area contributed by atoms with Crippen LogP contribution in [0.1, 0.15) is 87.9 Å². The predicted octanol–water partition coefficient (Wildman–Crippen LogP) is 7.50. The summed E-state index contributed by atoms with van der Waals surface area (Å²) in [6.45, 7) is 11.7. The zero-order valence-electron chi connectivity index (χ0n) is 28.5. The maximum Gasteiger partial charge on any atom is 2.00 e. The molecule has 0 bridgehead atoms. The fourth-order valence-corrected chi connectivity index (χ4v) is 12.4. The summed E-state index contributed by atoms with van der Waals surface area (Å²) in [5.74, 6) is -0.549. The number of carbonyl (C=O) groups excluding carboxylic acids is 4. The van der Waals surface area contributed by atoms with Gasteiger partial charge < -0.3 is 17.7 Å². The van der Waals surface area contributed by atoms with E-state index in [1.165, 1.54) is 0 Å². The van der Waals surface area contributed by atoms with Crippen LogP contribution < -0.4 is 0 Å². The molecule has 0 fully saturated rings. The molecule has 0 N–H and O–H groups in total. The predicted molar refractivity (Wildman–Crippen MR) is 179 cm³/mol. The Balaban J connectivity index is 0.000000842. The summed E-state index contributed by atoms with van der Waals surface area (Å²) in [6.07, 6.45) is 2.12. The molecule has 0 heterocycles. The van der Waals surface area contributed by atoms with Crippen molar-refractivity contribution in [2.24, 2.45) is 0 Å². The Bertz CT molecular complexity index is 1090. The summed E-state index contributed by atoms with van der Waals surface area (Å²) in [7, 11) is 0.177. The van der Waals surface area contributed by atoms with Crippen molar-refractivity contribution in [3.05, 3.63) is 71.8 Å². The van der Waals surface area contributed by atoms with E-state index < -0.39 is 28.2 Å². The van der Waals surface area contributed by atoms with Gasteiger partial charge >= 0.3 is 38.2 Å². The summed E-state index contributed by atoms with van der Waals surface area (Å²) in [5, 5.41) is 0. The second-order valence-corrected chi connectivity index (χ2v) is 19.3. The zero-order chi connectivity index (χ0) is 33.5. The third-order valence-corrected chi connectivity index (χ3v) is 16.5. The van der Waals surface area contributed by atoms with Crippen molar-refractivity contribution in [1.82, 2.24) is 0 Å². The van der Waals surface area contributed by atoms with E-state index in [4.69, 9.17) is 17.7 Å². The molecule has 0 aromatic heterocycles. The molecule has 252 valence electrons. The van der Waals surface area contributed by atoms with Crippen molar-refractivity contribution in [3.63, 3.8) is 0 Å². The van der Waals surface area contributed by atoms with Gasteiger partial charge in [-0.05, 0) is 23.9 Å². The fourth-order valence-electron chi connectivity index (χ4n) is 5.67. The minimum absolute atomic E-state index is 0. The van der Waals surface area contributed by atoms with Crippen LogP contribution in [0.2, 0.25) is 22.2 Å². The number of carbonyl (C=O) groups is 4. The van der Waals surface area contributed by atoms with E-state index in [9.17, 15) is 19.2 Å². The Labute approximate surface area is 286 Å². The van der Waals surface area contributed by atoms with Crippen LogP contribution in [0, 0.1) is 0 Å². The number of hydrogen-bond donors (Lipinski definition) is 0. The first-order valence-electron chi connectivity index (χ1n) is 15.3. The van der Waals surface area contributed by atoms with Gasteiger partial charge in [-0.3, -0.25) is 19.2 Å². The molecule has 2 aromatic rings. The first-order chi connectivity index (χ1) is 20.9. The van der Waals surface area contributed by atoms with Gasteiger partial charge in [-0.2, -0.15) is 0 Å². The molecule has 45 heavy (non-hydrogen) atoms. The maximum atomic E-state index is 13.0. The Morgan fingerprint density at radius 2 is 0.822 bits per heavy atom. The van der Waals surface area contributed by atoms with Crippen LogP contribution in [0.25, 0.3) is 0 Å². The second kappa shape index (κ2) is 21.1. The van der Waals surface area contributed by atoms with Crippen molar-refractivity contribution in [3.8, 4) is 0 Å². The molecule has 2 rings (SSSR count).